The maximum Gasteiger partial charge on any atom is 0.254 e. The monoisotopic (exact) mass is 480 g/mol. The Kier molecular flexibility index (Phi) is 7.30. The molecule has 4 aromatic rings. The van der Waals surface area contributed by atoms with Crippen LogP contribution >= 0.6 is 11.6 Å². The van der Waals surface area contributed by atoms with Crippen LogP contribution in [0.25, 0.3) is 16.9 Å². The van der Waals surface area contributed by atoms with E-state index in [1.54, 1.807) is 32.0 Å². The van der Waals surface area contributed by atoms with Gasteiger partial charge in [-0.25, -0.2) is 9.50 Å². The molecule has 0 radical (unpaired) electrons. The number of ether oxygens (including phenoxy) is 3. The van der Waals surface area contributed by atoms with Crippen molar-refractivity contribution < 1.29 is 19.0 Å². The third-order valence-electron chi connectivity index (χ3n) is 5.40. The molecule has 0 unspecified atom stereocenters. The summed E-state index contributed by atoms with van der Waals surface area (Å²) in [5.41, 5.74) is 4.30. The molecule has 0 bridgehead atoms. The summed E-state index contributed by atoms with van der Waals surface area (Å²) in [5, 5.41) is 8.27. The van der Waals surface area contributed by atoms with Crippen molar-refractivity contribution in [1.29, 1.82) is 0 Å². The molecule has 0 aliphatic rings. The van der Waals surface area contributed by atoms with Crippen molar-refractivity contribution in [3.63, 3.8) is 0 Å². The quantitative estimate of drug-likeness (QED) is 0.386. The van der Waals surface area contributed by atoms with Crippen LogP contribution in [0.2, 0.25) is 5.02 Å². The standard InChI is InChI=1S/C25H25ClN4O4/c1-32-15-21-19(25(31)27-11-10-16-4-9-22(33-2)23(12-16)34-3)14-28-24-13-20(29-30(21)24)17-5-7-18(26)8-6-17/h4-9,12-14H,10-11,15H2,1-3H3,(H,27,31). The van der Waals surface area contributed by atoms with Crippen LogP contribution in [0.1, 0.15) is 21.6 Å². The molecular formula is C25H25ClN4O4. The fourth-order valence-electron chi connectivity index (χ4n) is 3.66. The minimum atomic E-state index is -0.245. The molecule has 4 rings (SSSR count). The Bertz CT molecular complexity index is 1300. The topological polar surface area (TPSA) is 87.0 Å². The summed E-state index contributed by atoms with van der Waals surface area (Å²) >= 11 is 6.00. The molecule has 176 valence electrons. The molecule has 0 saturated heterocycles. The predicted octanol–water partition coefficient (Wildman–Crippen LogP) is 4.19. The Hall–Kier alpha value is -3.62. The van der Waals surface area contributed by atoms with Crippen LogP contribution in [-0.4, -0.2) is 48.4 Å². The molecule has 34 heavy (non-hydrogen) atoms. The number of carbonyl (C=O) groups is 1. The van der Waals surface area contributed by atoms with E-state index in [2.05, 4.69) is 15.4 Å². The lowest BCUT2D eigenvalue weighted by Gasteiger charge is -2.12. The average molecular weight is 481 g/mol. The van der Waals surface area contributed by atoms with Gasteiger partial charge in [-0.1, -0.05) is 29.8 Å². The first kappa shape index (κ1) is 23.5. The number of aromatic nitrogens is 3. The highest BCUT2D eigenvalue weighted by molar-refractivity contribution is 6.30. The highest BCUT2D eigenvalue weighted by Gasteiger charge is 2.18. The van der Waals surface area contributed by atoms with Gasteiger partial charge in [0.05, 0.1) is 37.8 Å². The first-order chi connectivity index (χ1) is 16.5. The molecule has 0 fully saturated rings. The Morgan fingerprint density at radius 3 is 2.50 bits per heavy atom. The second-order valence-electron chi connectivity index (χ2n) is 7.55. The zero-order chi connectivity index (χ0) is 24.1. The largest absolute Gasteiger partial charge is 0.493 e. The van der Waals surface area contributed by atoms with Crippen molar-refractivity contribution in [3.05, 3.63) is 76.6 Å². The van der Waals surface area contributed by atoms with Crippen LogP contribution in [-0.2, 0) is 17.8 Å². The van der Waals surface area contributed by atoms with E-state index in [1.807, 2.05) is 48.5 Å². The zero-order valence-corrected chi connectivity index (χ0v) is 19.9. The van der Waals surface area contributed by atoms with Crippen LogP contribution in [0.4, 0.5) is 0 Å². The van der Waals surface area contributed by atoms with Gasteiger partial charge in [0.15, 0.2) is 17.1 Å². The van der Waals surface area contributed by atoms with Crippen molar-refractivity contribution in [2.45, 2.75) is 13.0 Å². The SMILES string of the molecule is COCc1c(C(=O)NCCc2ccc(OC)c(OC)c2)cnc2cc(-c3ccc(Cl)cc3)nn12. The molecule has 2 aromatic heterocycles. The van der Waals surface area contributed by atoms with Crippen LogP contribution in [0.3, 0.4) is 0 Å². The van der Waals surface area contributed by atoms with E-state index in [0.717, 1.165) is 16.8 Å². The molecule has 0 aliphatic heterocycles. The lowest BCUT2D eigenvalue weighted by molar-refractivity contribution is 0.0947. The van der Waals surface area contributed by atoms with E-state index in [1.165, 1.54) is 0 Å². The number of amides is 1. The van der Waals surface area contributed by atoms with E-state index in [9.17, 15) is 4.79 Å². The molecule has 1 amide bonds. The minimum Gasteiger partial charge on any atom is -0.493 e. The van der Waals surface area contributed by atoms with Gasteiger partial charge in [-0.2, -0.15) is 5.10 Å². The van der Waals surface area contributed by atoms with E-state index in [0.29, 0.717) is 46.4 Å². The van der Waals surface area contributed by atoms with E-state index in [4.69, 9.17) is 25.8 Å². The summed E-state index contributed by atoms with van der Waals surface area (Å²) in [6, 6.07) is 14.9. The van der Waals surface area contributed by atoms with Gasteiger partial charge in [0, 0.05) is 36.5 Å². The Labute approximate surface area is 202 Å². The van der Waals surface area contributed by atoms with Gasteiger partial charge in [-0.15, -0.1) is 0 Å². The lowest BCUT2D eigenvalue weighted by Crippen LogP contribution is -2.28. The number of nitrogens with one attached hydrogen (secondary N) is 1. The lowest BCUT2D eigenvalue weighted by atomic mass is 10.1. The summed E-state index contributed by atoms with van der Waals surface area (Å²) < 4.78 is 17.6. The van der Waals surface area contributed by atoms with Crippen LogP contribution < -0.4 is 14.8 Å². The summed E-state index contributed by atoms with van der Waals surface area (Å²) in [5.74, 6) is 1.07. The molecule has 1 N–H and O–H groups in total. The van der Waals surface area contributed by atoms with Crippen molar-refractivity contribution >= 4 is 23.2 Å². The molecule has 0 saturated carbocycles. The van der Waals surface area contributed by atoms with E-state index in [-0.39, 0.29) is 12.5 Å². The summed E-state index contributed by atoms with van der Waals surface area (Å²) in [6.07, 6.45) is 2.19. The van der Waals surface area contributed by atoms with Gasteiger partial charge in [0.1, 0.15) is 0 Å². The smallest absolute Gasteiger partial charge is 0.254 e. The fraction of sp³-hybridized carbons (Fsp3) is 0.240. The maximum atomic E-state index is 13.0. The minimum absolute atomic E-state index is 0.208. The second-order valence-corrected chi connectivity index (χ2v) is 7.99. The number of benzene rings is 2. The highest BCUT2D eigenvalue weighted by Crippen LogP contribution is 2.27. The molecular weight excluding hydrogens is 456 g/mol. The van der Waals surface area contributed by atoms with Crippen molar-refractivity contribution in [1.82, 2.24) is 19.9 Å². The number of hydrogen-bond acceptors (Lipinski definition) is 6. The van der Waals surface area contributed by atoms with Crippen molar-refractivity contribution in [3.8, 4) is 22.8 Å². The fourth-order valence-corrected chi connectivity index (χ4v) is 3.79. The third kappa shape index (κ3) is 4.98. The third-order valence-corrected chi connectivity index (χ3v) is 5.65. The van der Waals surface area contributed by atoms with E-state index >= 15 is 0 Å². The van der Waals surface area contributed by atoms with Crippen LogP contribution in [0.5, 0.6) is 11.5 Å². The normalized spacial score (nSPS) is 10.9. The van der Waals surface area contributed by atoms with Crippen molar-refractivity contribution in [2.75, 3.05) is 27.9 Å². The summed E-state index contributed by atoms with van der Waals surface area (Å²) in [7, 11) is 4.77. The molecule has 0 spiro atoms. The van der Waals surface area contributed by atoms with Gasteiger partial charge < -0.3 is 19.5 Å². The Morgan fingerprint density at radius 1 is 1.03 bits per heavy atom. The summed E-state index contributed by atoms with van der Waals surface area (Å²) in [4.78, 5) is 17.4. The molecule has 9 heteroatoms. The number of methoxy groups -OCH3 is 3. The van der Waals surface area contributed by atoms with Gasteiger partial charge in [-0.05, 0) is 36.2 Å². The number of halogens is 1. The van der Waals surface area contributed by atoms with Gasteiger partial charge in [-0.3, -0.25) is 4.79 Å². The molecule has 0 aliphatic carbocycles. The zero-order valence-electron chi connectivity index (χ0n) is 19.2. The second kappa shape index (κ2) is 10.5. The van der Waals surface area contributed by atoms with Gasteiger partial charge >= 0.3 is 0 Å². The summed E-state index contributed by atoms with van der Waals surface area (Å²) in [6.45, 7) is 0.646. The van der Waals surface area contributed by atoms with Crippen LogP contribution in [0, 0.1) is 0 Å². The molecule has 2 heterocycles. The average Bonchev–Trinajstić information content (AvgIpc) is 3.29. The maximum absolute atomic E-state index is 13.0. The number of rotatable bonds is 9. The number of nitrogens with zero attached hydrogens (tertiary/aromatic N) is 3. The molecule has 0 atom stereocenters. The first-order valence-electron chi connectivity index (χ1n) is 10.7. The Morgan fingerprint density at radius 2 is 1.79 bits per heavy atom. The number of carbonyl (C=O) groups excluding carboxylic acids is 1. The molecule has 8 nitrogen and oxygen atoms in total. The van der Waals surface area contributed by atoms with Gasteiger partial charge in [0.25, 0.3) is 5.91 Å². The number of fused-ring (bicyclic) bond motifs is 1. The van der Waals surface area contributed by atoms with Crippen LogP contribution in [0.15, 0.2) is 54.7 Å². The van der Waals surface area contributed by atoms with Crippen molar-refractivity contribution in [2.24, 2.45) is 0 Å². The Balaban J connectivity index is 1.53. The predicted molar refractivity (Wildman–Crippen MR) is 130 cm³/mol. The first-order valence-corrected chi connectivity index (χ1v) is 11.0. The van der Waals surface area contributed by atoms with Gasteiger partial charge in [0.2, 0.25) is 0 Å². The number of hydrogen-bond donors (Lipinski definition) is 1. The molecule has 2 aromatic carbocycles. The highest BCUT2D eigenvalue weighted by atomic mass is 35.5. The van der Waals surface area contributed by atoms with E-state index < -0.39 is 0 Å².